The van der Waals surface area contributed by atoms with Crippen LogP contribution in [-0.4, -0.2) is 76.2 Å². The minimum atomic E-state index is -0.360. The molecule has 0 saturated carbocycles. The Labute approximate surface area is 133 Å². The van der Waals surface area contributed by atoms with E-state index in [9.17, 15) is 9.59 Å². The van der Waals surface area contributed by atoms with Gasteiger partial charge in [0.1, 0.15) is 13.2 Å². The Hall–Kier alpha value is -0.560. The standard InChI is InChI=1S/C12H24N2O4.2ClH/c1-13(2)7-9-17-11(15)5-6-12(16)18-10-8-14(3)4;;/h5-10H2,1-4H3;2*1H. The van der Waals surface area contributed by atoms with Crippen molar-refractivity contribution in [3.63, 3.8) is 0 Å². The second kappa shape index (κ2) is 14.8. The summed E-state index contributed by atoms with van der Waals surface area (Å²) in [6.45, 7) is 2.06. The smallest absolute Gasteiger partial charge is 0.306 e. The summed E-state index contributed by atoms with van der Waals surface area (Å²) in [5, 5.41) is 0. The summed E-state index contributed by atoms with van der Waals surface area (Å²) >= 11 is 0. The summed E-state index contributed by atoms with van der Waals surface area (Å²) < 4.78 is 9.90. The van der Waals surface area contributed by atoms with Gasteiger partial charge >= 0.3 is 11.9 Å². The third-order valence-electron chi connectivity index (χ3n) is 2.14. The van der Waals surface area contributed by atoms with Crippen molar-refractivity contribution in [3.8, 4) is 0 Å². The normalized spacial score (nSPS) is 9.70. The highest BCUT2D eigenvalue weighted by molar-refractivity contribution is 5.85. The number of carbonyl (C=O) groups excluding carboxylic acids is 2. The minimum Gasteiger partial charge on any atom is -0.464 e. The number of hydrogen-bond acceptors (Lipinski definition) is 6. The molecular formula is C12H26Cl2N2O4. The fraction of sp³-hybridized carbons (Fsp3) is 0.833. The van der Waals surface area contributed by atoms with Crippen molar-refractivity contribution < 1.29 is 19.1 Å². The summed E-state index contributed by atoms with van der Waals surface area (Å²) in [5.74, 6) is -0.720. The van der Waals surface area contributed by atoms with E-state index in [1.807, 2.05) is 38.0 Å². The number of likely N-dealkylation sites (N-methyl/N-ethyl adjacent to an activating group) is 2. The molecule has 0 heterocycles. The zero-order chi connectivity index (χ0) is 14.0. The molecule has 0 aromatic carbocycles. The van der Waals surface area contributed by atoms with E-state index in [2.05, 4.69) is 0 Å². The molecule has 0 N–H and O–H groups in total. The molecule has 0 amide bonds. The van der Waals surface area contributed by atoms with Gasteiger partial charge in [-0.2, -0.15) is 0 Å². The van der Waals surface area contributed by atoms with E-state index in [4.69, 9.17) is 9.47 Å². The van der Waals surface area contributed by atoms with Gasteiger partial charge in [0.15, 0.2) is 0 Å². The summed E-state index contributed by atoms with van der Waals surface area (Å²) in [6, 6.07) is 0. The summed E-state index contributed by atoms with van der Waals surface area (Å²) in [5.41, 5.74) is 0. The van der Waals surface area contributed by atoms with E-state index >= 15 is 0 Å². The van der Waals surface area contributed by atoms with Gasteiger partial charge in [0.25, 0.3) is 0 Å². The summed E-state index contributed by atoms with van der Waals surface area (Å²) in [4.78, 5) is 26.3. The number of esters is 2. The Bertz CT molecular complexity index is 238. The Kier molecular flexibility index (Phi) is 18.1. The van der Waals surface area contributed by atoms with Gasteiger partial charge in [-0.25, -0.2) is 0 Å². The first-order chi connectivity index (χ1) is 8.41. The highest BCUT2D eigenvalue weighted by Gasteiger charge is 2.09. The first-order valence-corrected chi connectivity index (χ1v) is 6.02. The first kappa shape index (κ1) is 24.5. The average molecular weight is 333 g/mol. The molecule has 122 valence electrons. The lowest BCUT2D eigenvalue weighted by molar-refractivity contribution is -0.150. The molecule has 0 unspecified atom stereocenters. The third-order valence-corrected chi connectivity index (χ3v) is 2.14. The lowest BCUT2D eigenvalue weighted by Crippen LogP contribution is -2.21. The van der Waals surface area contributed by atoms with Gasteiger partial charge in [-0.3, -0.25) is 9.59 Å². The van der Waals surface area contributed by atoms with E-state index in [1.165, 1.54) is 0 Å². The zero-order valence-electron chi connectivity index (χ0n) is 12.6. The molecule has 0 aliphatic heterocycles. The number of nitrogens with zero attached hydrogens (tertiary/aromatic N) is 2. The van der Waals surface area contributed by atoms with Crippen molar-refractivity contribution in [3.05, 3.63) is 0 Å². The Balaban J connectivity index is -0.00000144. The number of ether oxygens (including phenoxy) is 2. The van der Waals surface area contributed by atoms with Gasteiger partial charge < -0.3 is 19.3 Å². The van der Waals surface area contributed by atoms with Crippen LogP contribution in [0, 0.1) is 0 Å². The second-order valence-corrected chi connectivity index (χ2v) is 4.55. The molecule has 0 aromatic rings. The van der Waals surface area contributed by atoms with E-state index in [0.29, 0.717) is 26.3 Å². The fourth-order valence-electron chi connectivity index (χ4n) is 1.03. The van der Waals surface area contributed by atoms with Crippen LogP contribution in [0.5, 0.6) is 0 Å². The monoisotopic (exact) mass is 332 g/mol. The average Bonchev–Trinajstić information content (AvgIpc) is 2.25. The van der Waals surface area contributed by atoms with Crippen molar-refractivity contribution in [1.82, 2.24) is 9.80 Å². The van der Waals surface area contributed by atoms with Crippen molar-refractivity contribution in [2.45, 2.75) is 12.8 Å². The SMILES string of the molecule is CN(C)CCOC(=O)CCC(=O)OCCN(C)C.Cl.Cl. The van der Waals surface area contributed by atoms with E-state index in [-0.39, 0.29) is 49.6 Å². The van der Waals surface area contributed by atoms with Crippen molar-refractivity contribution in [2.24, 2.45) is 0 Å². The summed E-state index contributed by atoms with van der Waals surface area (Å²) in [7, 11) is 7.60. The lowest BCUT2D eigenvalue weighted by atomic mass is 10.3. The maximum atomic E-state index is 11.3. The van der Waals surface area contributed by atoms with E-state index in [0.717, 1.165) is 0 Å². The fourth-order valence-corrected chi connectivity index (χ4v) is 1.03. The van der Waals surface area contributed by atoms with Crippen LogP contribution in [0.25, 0.3) is 0 Å². The number of rotatable bonds is 9. The molecule has 0 bridgehead atoms. The van der Waals surface area contributed by atoms with Gasteiger partial charge in [0, 0.05) is 13.1 Å². The van der Waals surface area contributed by atoms with E-state index in [1.54, 1.807) is 0 Å². The number of hydrogen-bond donors (Lipinski definition) is 0. The number of halogens is 2. The van der Waals surface area contributed by atoms with Gasteiger partial charge in [-0.05, 0) is 28.2 Å². The van der Waals surface area contributed by atoms with Gasteiger partial charge in [0.2, 0.25) is 0 Å². The van der Waals surface area contributed by atoms with Crippen molar-refractivity contribution >= 4 is 36.8 Å². The molecule has 0 radical (unpaired) electrons. The second-order valence-electron chi connectivity index (χ2n) is 4.55. The predicted octanol–water partition coefficient (Wildman–Crippen LogP) is 0.820. The van der Waals surface area contributed by atoms with Gasteiger partial charge in [-0.1, -0.05) is 0 Å². The lowest BCUT2D eigenvalue weighted by Gasteiger charge is -2.10. The van der Waals surface area contributed by atoms with Crippen molar-refractivity contribution in [2.75, 3.05) is 54.5 Å². The molecule has 0 aromatic heterocycles. The quantitative estimate of drug-likeness (QED) is 0.582. The van der Waals surface area contributed by atoms with Crippen LogP contribution in [0.1, 0.15) is 12.8 Å². The highest BCUT2D eigenvalue weighted by Crippen LogP contribution is 1.96. The highest BCUT2D eigenvalue weighted by atomic mass is 35.5. The van der Waals surface area contributed by atoms with Crippen molar-refractivity contribution in [1.29, 1.82) is 0 Å². The first-order valence-electron chi connectivity index (χ1n) is 6.02. The van der Waals surface area contributed by atoms with Crippen LogP contribution in [0.15, 0.2) is 0 Å². The minimum absolute atomic E-state index is 0. The van der Waals surface area contributed by atoms with Crippen LogP contribution in [0.2, 0.25) is 0 Å². The molecule has 0 atom stereocenters. The van der Waals surface area contributed by atoms with Gasteiger partial charge in [0.05, 0.1) is 12.8 Å². The molecule has 0 aliphatic rings. The molecule has 20 heavy (non-hydrogen) atoms. The molecule has 0 spiro atoms. The maximum Gasteiger partial charge on any atom is 0.306 e. The summed E-state index contributed by atoms with van der Waals surface area (Å²) in [6.07, 6.45) is 0.155. The molecular weight excluding hydrogens is 307 g/mol. The van der Waals surface area contributed by atoms with Crippen LogP contribution in [-0.2, 0) is 19.1 Å². The Morgan fingerprint density at radius 1 is 0.750 bits per heavy atom. The Morgan fingerprint density at radius 2 is 1.05 bits per heavy atom. The van der Waals surface area contributed by atoms with Crippen LogP contribution in [0.4, 0.5) is 0 Å². The molecule has 8 heteroatoms. The number of carbonyl (C=O) groups is 2. The van der Waals surface area contributed by atoms with Crippen LogP contribution in [0.3, 0.4) is 0 Å². The van der Waals surface area contributed by atoms with E-state index < -0.39 is 0 Å². The third kappa shape index (κ3) is 17.4. The largest absolute Gasteiger partial charge is 0.464 e. The van der Waals surface area contributed by atoms with Crippen LogP contribution >= 0.6 is 24.8 Å². The zero-order valence-corrected chi connectivity index (χ0v) is 14.2. The molecule has 0 rings (SSSR count). The molecule has 0 fully saturated rings. The predicted molar refractivity (Wildman–Crippen MR) is 82.8 cm³/mol. The topological polar surface area (TPSA) is 59.1 Å². The molecule has 6 nitrogen and oxygen atoms in total. The van der Waals surface area contributed by atoms with Gasteiger partial charge in [-0.15, -0.1) is 24.8 Å². The Morgan fingerprint density at radius 3 is 1.30 bits per heavy atom. The van der Waals surface area contributed by atoms with Crippen LogP contribution < -0.4 is 0 Å². The maximum absolute atomic E-state index is 11.3. The molecule has 0 saturated heterocycles. The molecule has 0 aliphatic carbocycles.